The summed E-state index contributed by atoms with van der Waals surface area (Å²) in [7, 11) is 1.64. The molecule has 0 amide bonds. The van der Waals surface area contributed by atoms with Crippen LogP contribution in [0.2, 0.25) is 0 Å². The molecule has 4 atom stereocenters. The molecule has 1 aliphatic heterocycles. The number of nitrogens with zero attached hydrogens (tertiary/aromatic N) is 5. The van der Waals surface area contributed by atoms with Gasteiger partial charge in [0.25, 0.3) is 0 Å². The lowest BCUT2D eigenvalue weighted by atomic mass is 9.77. The van der Waals surface area contributed by atoms with Crippen LogP contribution in [0.5, 0.6) is 5.88 Å². The second-order valence-electron chi connectivity index (χ2n) is 8.72. The Morgan fingerprint density at radius 3 is 2.87 bits per heavy atom. The van der Waals surface area contributed by atoms with Crippen LogP contribution >= 0.6 is 11.3 Å². The van der Waals surface area contributed by atoms with Crippen molar-refractivity contribution < 1.29 is 9.84 Å². The molecule has 9 heteroatoms. The first-order valence-electron chi connectivity index (χ1n) is 10.5. The lowest BCUT2D eigenvalue weighted by Crippen LogP contribution is -2.48. The first-order chi connectivity index (χ1) is 14.5. The number of ether oxygens (including phenoxy) is 1. The molecule has 3 aromatic heterocycles. The van der Waals surface area contributed by atoms with Gasteiger partial charge < -0.3 is 20.5 Å². The first-order valence-corrected chi connectivity index (χ1v) is 11.4. The van der Waals surface area contributed by atoms with Gasteiger partial charge in [-0.05, 0) is 42.7 Å². The molecule has 5 rings (SSSR count). The summed E-state index contributed by atoms with van der Waals surface area (Å²) < 4.78 is 7.46. The summed E-state index contributed by atoms with van der Waals surface area (Å²) in [6.45, 7) is 6.00. The minimum absolute atomic E-state index is 0.150. The highest BCUT2D eigenvalue weighted by atomic mass is 32.1. The molecule has 3 aromatic rings. The van der Waals surface area contributed by atoms with Gasteiger partial charge in [-0.3, -0.25) is 0 Å². The summed E-state index contributed by atoms with van der Waals surface area (Å²) in [5.41, 5.74) is 9.04. The summed E-state index contributed by atoms with van der Waals surface area (Å²) in [6, 6.07) is 3.92. The third-order valence-electron chi connectivity index (χ3n) is 6.55. The van der Waals surface area contributed by atoms with Crippen LogP contribution in [0, 0.1) is 11.8 Å². The van der Waals surface area contributed by atoms with Gasteiger partial charge in [0, 0.05) is 24.8 Å². The summed E-state index contributed by atoms with van der Waals surface area (Å²) in [5.74, 6) is 1.75. The number of rotatable bonds is 4. The average Bonchev–Trinajstić information content (AvgIpc) is 3.44. The van der Waals surface area contributed by atoms with E-state index in [0.717, 1.165) is 53.0 Å². The van der Waals surface area contributed by atoms with E-state index in [2.05, 4.69) is 28.7 Å². The number of aliphatic hydroxyl groups excluding tert-OH is 1. The van der Waals surface area contributed by atoms with Crippen LogP contribution in [-0.2, 0) is 0 Å². The van der Waals surface area contributed by atoms with E-state index in [1.54, 1.807) is 18.4 Å². The van der Waals surface area contributed by atoms with Crippen molar-refractivity contribution in [3.8, 4) is 17.1 Å². The Balaban J connectivity index is 1.47. The number of fused-ring (bicyclic) bond motifs is 2. The summed E-state index contributed by atoms with van der Waals surface area (Å²) >= 11 is 1.58. The number of imidazole rings is 1. The number of methoxy groups -OCH3 is 1. The van der Waals surface area contributed by atoms with Crippen LogP contribution < -0.4 is 15.4 Å². The third-order valence-corrected chi connectivity index (χ3v) is 7.53. The molecular weight excluding hydrogens is 400 g/mol. The number of hydrogen-bond donors (Lipinski definition) is 2. The van der Waals surface area contributed by atoms with Gasteiger partial charge in [-0.1, -0.05) is 25.2 Å². The van der Waals surface area contributed by atoms with Crippen LogP contribution in [0.3, 0.4) is 0 Å². The number of hydrogen-bond acceptors (Lipinski definition) is 8. The molecule has 1 aliphatic carbocycles. The van der Waals surface area contributed by atoms with Gasteiger partial charge in [0.2, 0.25) is 16.0 Å². The first kappa shape index (κ1) is 19.7. The van der Waals surface area contributed by atoms with E-state index >= 15 is 0 Å². The minimum Gasteiger partial charge on any atom is -0.480 e. The van der Waals surface area contributed by atoms with Crippen molar-refractivity contribution in [2.45, 2.75) is 44.8 Å². The van der Waals surface area contributed by atoms with Crippen molar-refractivity contribution in [2.24, 2.45) is 17.6 Å². The molecule has 1 saturated heterocycles. The molecule has 0 spiro atoms. The maximum atomic E-state index is 10.1. The zero-order valence-electron chi connectivity index (χ0n) is 17.5. The van der Waals surface area contributed by atoms with Crippen LogP contribution in [0.1, 0.15) is 38.3 Å². The Labute approximate surface area is 179 Å². The molecule has 3 N–H and O–H groups in total. The fraction of sp³-hybridized carbons (Fsp3) is 0.571. The molecule has 2 fully saturated rings. The van der Waals surface area contributed by atoms with Gasteiger partial charge >= 0.3 is 0 Å². The van der Waals surface area contributed by atoms with E-state index in [0.29, 0.717) is 23.6 Å². The van der Waals surface area contributed by atoms with Crippen molar-refractivity contribution in [3.05, 3.63) is 24.0 Å². The quantitative estimate of drug-likeness (QED) is 0.658. The van der Waals surface area contributed by atoms with Crippen LogP contribution in [-0.4, -0.2) is 57.0 Å². The van der Waals surface area contributed by atoms with E-state index in [1.807, 2.05) is 22.8 Å². The average molecular weight is 429 g/mol. The molecule has 0 bridgehead atoms. The Bertz CT molecular complexity index is 1060. The Morgan fingerprint density at radius 1 is 1.27 bits per heavy atom. The normalized spacial score (nSPS) is 26.5. The van der Waals surface area contributed by atoms with E-state index < -0.39 is 0 Å². The summed E-state index contributed by atoms with van der Waals surface area (Å²) in [6.07, 6.45) is 3.25. The van der Waals surface area contributed by atoms with Gasteiger partial charge in [-0.2, -0.15) is 0 Å². The van der Waals surface area contributed by atoms with Crippen molar-refractivity contribution in [1.82, 2.24) is 19.6 Å². The number of aromatic nitrogens is 4. The summed E-state index contributed by atoms with van der Waals surface area (Å²) in [5, 5.41) is 16.0. The Hall–Kier alpha value is -2.23. The molecule has 0 radical (unpaired) electrons. The monoisotopic (exact) mass is 428 g/mol. The summed E-state index contributed by atoms with van der Waals surface area (Å²) in [4.78, 5) is 12.4. The van der Waals surface area contributed by atoms with Crippen LogP contribution in [0.25, 0.3) is 16.2 Å². The topological polar surface area (TPSA) is 102 Å². The molecule has 160 valence electrons. The molecular formula is C21H28N6O2S. The van der Waals surface area contributed by atoms with Crippen molar-refractivity contribution in [1.29, 1.82) is 0 Å². The second kappa shape index (κ2) is 7.47. The van der Waals surface area contributed by atoms with Gasteiger partial charge in [0.1, 0.15) is 0 Å². The molecule has 8 nitrogen and oxygen atoms in total. The number of aliphatic hydroxyl groups is 1. The van der Waals surface area contributed by atoms with Gasteiger partial charge in [-0.25, -0.2) is 14.5 Å². The van der Waals surface area contributed by atoms with Gasteiger partial charge in [-0.15, -0.1) is 5.10 Å². The van der Waals surface area contributed by atoms with Crippen LogP contribution in [0.15, 0.2) is 18.3 Å². The number of pyridine rings is 1. The molecule has 1 saturated carbocycles. The largest absolute Gasteiger partial charge is 0.480 e. The lowest BCUT2D eigenvalue weighted by Gasteiger charge is -2.33. The Kier molecular flexibility index (Phi) is 4.91. The van der Waals surface area contributed by atoms with Crippen LogP contribution in [0.4, 0.5) is 5.13 Å². The highest BCUT2D eigenvalue weighted by Crippen LogP contribution is 2.40. The van der Waals surface area contributed by atoms with Crippen molar-refractivity contribution in [3.63, 3.8) is 0 Å². The molecule has 30 heavy (non-hydrogen) atoms. The SMILES string of the molecule is COc1nc(C(C)C)ccc1-c1cnc2sc(N3C[C@H]4CC[C@H](O)[C@@H](N)[C@H]4C3)nn12. The predicted molar refractivity (Wildman–Crippen MR) is 117 cm³/mol. The fourth-order valence-corrected chi connectivity index (χ4v) is 5.67. The minimum atomic E-state index is -0.389. The van der Waals surface area contributed by atoms with Crippen molar-refractivity contribution in [2.75, 3.05) is 25.1 Å². The molecule has 0 aromatic carbocycles. The zero-order chi connectivity index (χ0) is 21.0. The fourth-order valence-electron chi connectivity index (χ4n) is 4.78. The van der Waals surface area contributed by atoms with Crippen molar-refractivity contribution >= 4 is 21.4 Å². The van der Waals surface area contributed by atoms with Gasteiger partial charge in [0.15, 0.2) is 0 Å². The van der Waals surface area contributed by atoms with E-state index in [9.17, 15) is 5.11 Å². The van der Waals surface area contributed by atoms with E-state index in [1.165, 1.54) is 0 Å². The predicted octanol–water partition coefficient (Wildman–Crippen LogP) is 2.52. The lowest BCUT2D eigenvalue weighted by molar-refractivity contribution is 0.0625. The third kappa shape index (κ3) is 3.16. The maximum Gasteiger partial charge on any atom is 0.222 e. The van der Waals surface area contributed by atoms with E-state index in [-0.39, 0.29) is 12.1 Å². The molecule has 2 aliphatic rings. The standard InChI is InChI=1S/C21H28N6O2S/c1-11(2)15-6-5-13(19(24-15)29-3)16-8-23-20-27(16)25-21(30-20)26-9-12-4-7-17(28)18(22)14(12)10-26/h5-6,8,11-12,14,17-18,28H,4,7,9-10,22H2,1-3H3/t12-,14+,17+,18+/m1/s1. The van der Waals surface area contributed by atoms with Gasteiger partial charge in [0.05, 0.1) is 30.7 Å². The second-order valence-corrected chi connectivity index (χ2v) is 9.66. The molecule has 4 heterocycles. The van der Waals surface area contributed by atoms with E-state index in [4.69, 9.17) is 15.6 Å². The smallest absolute Gasteiger partial charge is 0.222 e. The number of anilines is 1. The Morgan fingerprint density at radius 2 is 2.10 bits per heavy atom. The zero-order valence-corrected chi connectivity index (χ0v) is 18.3. The maximum absolute atomic E-state index is 10.1. The highest BCUT2D eigenvalue weighted by molar-refractivity contribution is 7.20. The highest BCUT2D eigenvalue weighted by Gasteiger charge is 2.43. The molecule has 0 unspecified atom stereocenters. The number of nitrogens with two attached hydrogens (primary N) is 1.